The van der Waals surface area contributed by atoms with E-state index in [1.807, 2.05) is 0 Å². The number of carbonyl (C=O) groups excluding carboxylic acids is 1. The summed E-state index contributed by atoms with van der Waals surface area (Å²) in [5.41, 5.74) is 0.355. The fraction of sp³-hybridized carbons (Fsp3) is 0.692. The molecule has 106 valence electrons. The predicted molar refractivity (Wildman–Crippen MR) is 67.1 cm³/mol. The highest BCUT2D eigenvalue weighted by atomic mass is 19.3. The minimum absolute atomic E-state index is 0.0661. The van der Waals surface area contributed by atoms with Gasteiger partial charge in [-0.3, -0.25) is 4.79 Å². The van der Waals surface area contributed by atoms with Gasteiger partial charge in [0.2, 0.25) is 0 Å². The van der Waals surface area contributed by atoms with Gasteiger partial charge in [-0.15, -0.1) is 0 Å². The molecule has 1 aliphatic carbocycles. The van der Waals surface area contributed by atoms with E-state index in [1.54, 1.807) is 0 Å². The molecule has 2 rings (SSSR count). The summed E-state index contributed by atoms with van der Waals surface area (Å²) >= 11 is 0. The molecule has 0 bridgehead atoms. The van der Waals surface area contributed by atoms with Crippen molar-refractivity contribution in [3.8, 4) is 0 Å². The standard InChI is InChI=1S/C13H19F2N3O/c1-8-3-5-10(6-4-8)16-12(19)11-7-9(2)18(17-11)13(14)15/h7-8,10,13H,3-6H2,1-2H3,(H,16,19). The van der Waals surface area contributed by atoms with E-state index < -0.39 is 6.55 Å². The van der Waals surface area contributed by atoms with Gasteiger partial charge in [0.25, 0.3) is 5.91 Å². The maximum atomic E-state index is 12.6. The van der Waals surface area contributed by atoms with Gasteiger partial charge in [0.05, 0.1) is 0 Å². The second-order valence-electron chi connectivity index (χ2n) is 5.32. The number of nitrogens with one attached hydrogen (secondary N) is 1. The Morgan fingerprint density at radius 3 is 2.58 bits per heavy atom. The summed E-state index contributed by atoms with van der Waals surface area (Å²) in [6, 6.07) is 1.54. The van der Waals surface area contributed by atoms with Gasteiger partial charge in [-0.05, 0) is 44.6 Å². The second kappa shape index (κ2) is 5.67. The first kappa shape index (κ1) is 14.0. The number of halogens is 2. The molecular formula is C13H19F2N3O. The maximum absolute atomic E-state index is 12.6. The van der Waals surface area contributed by atoms with Crippen molar-refractivity contribution in [3.05, 3.63) is 17.5 Å². The minimum Gasteiger partial charge on any atom is -0.348 e. The number of amides is 1. The van der Waals surface area contributed by atoms with E-state index in [9.17, 15) is 13.6 Å². The third-order valence-corrected chi connectivity index (χ3v) is 3.69. The van der Waals surface area contributed by atoms with Crippen molar-refractivity contribution in [1.82, 2.24) is 15.1 Å². The lowest BCUT2D eigenvalue weighted by Gasteiger charge is -2.26. The molecular weight excluding hydrogens is 252 g/mol. The molecule has 6 heteroatoms. The van der Waals surface area contributed by atoms with Crippen LogP contribution >= 0.6 is 0 Å². The van der Waals surface area contributed by atoms with Crippen LogP contribution in [0.1, 0.15) is 55.3 Å². The zero-order valence-corrected chi connectivity index (χ0v) is 11.2. The smallest absolute Gasteiger partial charge is 0.333 e. The van der Waals surface area contributed by atoms with E-state index in [-0.39, 0.29) is 23.3 Å². The minimum atomic E-state index is -2.71. The molecule has 0 radical (unpaired) electrons. The summed E-state index contributed by atoms with van der Waals surface area (Å²) in [5, 5.41) is 6.52. The molecule has 1 amide bonds. The normalized spacial score (nSPS) is 23.6. The lowest BCUT2D eigenvalue weighted by atomic mass is 9.87. The second-order valence-corrected chi connectivity index (χ2v) is 5.32. The molecule has 0 unspecified atom stereocenters. The zero-order valence-electron chi connectivity index (χ0n) is 11.2. The van der Waals surface area contributed by atoms with Crippen LogP contribution in [0.15, 0.2) is 6.07 Å². The van der Waals surface area contributed by atoms with Gasteiger partial charge in [-0.25, -0.2) is 4.68 Å². The molecule has 1 N–H and O–H groups in total. The molecule has 0 aromatic carbocycles. The van der Waals surface area contributed by atoms with E-state index >= 15 is 0 Å². The predicted octanol–water partition coefficient (Wildman–Crippen LogP) is 2.90. The van der Waals surface area contributed by atoms with E-state index in [0.717, 1.165) is 25.7 Å². The number of alkyl halides is 2. The molecule has 1 fully saturated rings. The van der Waals surface area contributed by atoms with E-state index in [4.69, 9.17) is 0 Å². The SMILES string of the molecule is Cc1cc(C(=O)NC2CCC(C)CC2)nn1C(F)F. The number of hydrogen-bond acceptors (Lipinski definition) is 2. The number of aromatic nitrogens is 2. The topological polar surface area (TPSA) is 46.9 Å². The van der Waals surface area contributed by atoms with Crippen LogP contribution in [-0.4, -0.2) is 21.7 Å². The van der Waals surface area contributed by atoms with E-state index in [1.165, 1.54) is 13.0 Å². The average Bonchev–Trinajstić information content (AvgIpc) is 2.74. The Bertz CT molecular complexity index is 451. The molecule has 19 heavy (non-hydrogen) atoms. The van der Waals surface area contributed by atoms with Crippen LogP contribution in [0.4, 0.5) is 8.78 Å². The molecule has 1 heterocycles. The largest absolute Gasteiger partial charge is 0.348 e. The van der Waals surface area contributed by atoms with Crippen LogP contribution in [-0.2, 0) is 0 Å². The van der Waals surface area contributed by atoms with Gasteiger partial charge < -0.3 is 5.32 Å². The zero-order chi connectivity index (χ0) is 14.0. The van der Waals surface area contributed by atoms with Crippen LogP contribution in [0.2, 0.25) is 0 Å². The van der Waals surface area contributed by atoms with Crippen molar-refractivity contribution >= 4 is 5.91 Å². The number of hydrogen-bond donors (Lipinski definition) is 1. The van der Waals surface area contributed by atoms with Gasteiger partial charge in [-0.2, -0.15) is 13.9 Å². The fourth-order valence-corrected chi connectivity index (χ4v) is 2.46. The highest BCUT2D eigenvalue weighted by Gasteiger charge is 2.22. The highest BCUT2D eigenvalue weighted by Crippen LogP contribution is 2.23. The van der Waals surface area contributed by atoms with Crippen molar-refractivity contribution in [2.24, 2.45) is 5.92 Å². The third-order valence-electron chi connectivity index (χ3n) is 3.69. The first-order valence-electron chi connectivity index (χ1n) is 6.62. The average molecular weight is 271 g/mol. The quantitative estimate of drug-likeness (QED) is 0.918. The van der Waals surface area contributed by atoms with Gasteiger partial charge >= 0.3 is 6.55 Å². The van der Waals surface area contributed by atoms with Gasteiger partial charge in [0.15, 0.2) is 5.69 Å². The number of rotatable bonds is 3. The number of carbonyl (C=O) groups is 1. The monoisotopic (exact) mass is 271 g/mol. The Hall–Kier alpha value is -1.46. The van der Waals surface area contributed by atoms with Crippen molar-refractivity contribution in [2.75, 3.05) is 0 Å². The van der Waals surface area contributed by atoms with Crippen LogP contribution in [0.25, 0.3) is 0 Å². The summed E-state index contributed by atoms with van der Waals surface area (Å²) in [5.74, 6) is 0.343. The lowest BCUT2D eigenvalue weighted by Crippen LogP contribution is -2.37. The molecule has 0 atom stereocenters. The highest BCUT2D eigenvalue weighted by molar-refractivity contribution is 5.92. The first-order valence-corrected chi connectivity index (χ1v) is 6.62. The number of nitrogens with zero attached hydrogens (tertiary/aromatic N) is 2. The van der Waals surface area contributed by atoms with Gasteiger partial charge in [0.1, 0.15) is 0 Å². The number of aryl methyl sites for hydroxylation is 1. The van der Waals surface area contributed by atoms with Crippen LogP contribution < -0.4 is 5.32 Å². The van der Waals surface area contributed by atoms with Crippen molar-refractivity contribution < 1.29 is 13.6 Å². The van der Waals surface area contributed by atoms with Crippen LogP contribution in [0.3, 0.4) is 0 Å². The van der Waals surface area contributed by atoms with Crippen molar-refractivity contribution in [1.29, 1.82) is 0 Å². The first-order chi connectivity index (χ1) is 8.97. The molecule has 0 aliphatic heterocycles. The Morgan fingerprint density at radius 1 is 1.42 bits per heavy atom. The van der Waals surface area contributed by atoms with Gasteiger partial charge in [-0.1, -0.05) is 6.92 Å². The summed E-state index contributed by atoms with van der Waals surface area (Å²) in [4.78, 5) is 12.0. The molecule has 0 saturated heterocycles. The molecule has 4 nitrogen and oxygen atoms in total. The summed E-state index contributed by atoms with van der Waals surface area (Å²) < 4.78 is 25.7. The van der Waals surface area contributed by atoms with Crippen LogP contribution in [0, 0.1) is 12.8 Å². The van der Waals surface area contributed by atoms with E-state index in [2.05, 4.69) is 17.3 Å². The molecule has 1 aromatic rings. The van der Waals surface area contributed by atoms with Gasteiger partial charge in [0, 0.05) is 11.7 Å². The van der Waals surface area contributed by atoms with Crippen molar-refractivity contribution in [3.63, 3.8) is 0 Å². The molecule has 1 aliphatic rings. The summed E-state index contributed by atoms with van der Waals surface area (Å²) in [6.07, 6.45) is 4.08. The van der Waals surface area contributed by atoms with E-state index in [0.29, 0.717) is 10.6 Å². The summed E-state index contributed by atoms with van der Waals surface area (Å²) in [7, 11) is 0. The summed E-state index contributed by atoms with van der Waals surface area (Å²) in [6.45, 7) is 1.00. The Kier molecular flexibility index (Phi) is 4.17. The molecule has 1 aromatic heterocycles. The Morgan fingerprint density at radius 2 is 2.05 bits per heavy atom. The maximum Gasteiger partial charge on any atom is 0.333 e. The van der Waals surface area contributed by atoms with Crippen LogP contribution in [0.5, 0.6) is 0 Å². The molecule has 0 spiro atoms. The Labute approximate surface area is 111 Å². The van der Waals surface area contributed by atoms with Crippen molar-refractivity contribution in [2.45, 2.75) is 52.1 Å². The Balaban J connectivity index is 1.98. The molecule has 1 saturated carbocycles. The fourth-order valence-electron chi connectivity index (χ4n) is 2.46. The third kappa shape index (κ3) is 3.30. The lowest BCUT2D eigenvalue weighted by molar-refractivity contribution is 0.0538.